The standard InChI is InChI=1S/C20H24N2O2S/c1-14-9-11-25-19(14)13-21(3)20(24)12-18-17-7-5-4-6-16(17)8-10-22(18)15(2)23/h4-7,9,11,18H,8,10,12-13H2,1-3H3. The fourth-order valence-corrected chi connectivity index (χ4v) is 4.40. The van der Waals surface area contributed by atoms with Gasteiger partial charge in [0.15, 0.2) is 0 Å². The van der Waals surface area contributed by atoms with Gasteiger partial charge in [-0.25, -0.2) is 0 Å². The van der Waals surface area contributed by atoms with E-state index in [1.165, 1.54) is 16.0 Å². The van der Waals surface area contributed by atoms with E-state index < -0.39 is 0 Å². The molecular weight excluding hydrogens is 332 g/mol. The van der Waals surface area contributed by atoms with Crippen molar-refractivity contribution in [2.75, 3.05) is 13.6 Å². The zero-order valence-electron chi connectivity index (χ0n) is 15.0. The van der Waals surface area contributed by atoms with Gasteiger partial charge in [0, 0.05) is 25.4 Å². The molecule has 0 saturated heterocycles. The van der Waals surface area contributed by atoms with Crippen LogP contribution >= 0.6 is 11.3 Å². The Labute approximate surface area is 153 Å². The molecule has 1 atom stereocenters. The summed E-state index contributed by atoms with van der Waals surface area (Å²) in [7, 11) is 1.84. The Morgan fingerprint density at radius 1 is 1.28 bits per heavy atom. The Hall–Kier alpha value is -2.14. The number of hydrogen-bond donors (Lipinski definition) is 0. The van der Waals surface area contributed by atoms with Crippen molar-refractivity contribution in [1.82, 2.24) is 9.80 Å². The fourth-order valence-electron chi connectivity index (χ4n) is 3.44. The second kappa shape index (κ2) is 7.40. The quantitative estimate of drug-likeness (QED) is 0.840. The molecule has 2 aromatic rings. The van der Waals surface area contributed by atoms with Crippen LogP contribution in [0.1, 0.15) is 41.0 Å². The molecule has 5 heteroatoms. The third kappa shape index (κ3) is 3.76. The van der Waals surface area contributed by atoms with Crippen molar-refractivity contribution < 1.29 is 9.59 Å². The lowest BCUT2D eigenvalue weighted by molar-refractivity contribution is -0.136. The maximum atomic E-state index is 12.8. The van der Waals surface area contributed by atoms with Crippen LogP contribution in [-0.4, -0.2) is 35.2 Å². The molecule has 1 unspecified atom stereocenters. The van der Waals surface area contributed by atoms with Gasteiger partial charge in [-0.05, 0) is 41.5 Å². The maximum Gasteiger partial charge on any atom is 0.225 e. The number of benzene rings is 1. The zero-order valence-corrected chi connectivity index (χ0v) is 15.8. The lowest BCUT2D eigenvalue weighted by Crippen LogP contribution is -2.41. The summed E-state index contributed by atoms with van der Waals surface area (Å²) in [5, 5.41) is 2.05. The van der Waals surface area contributed by atoms with Crippen LogP contribution in [0.25, 0.3) is 0 Å². The smallest absolute Gasteiger partial charge is 0.225 e. The summed E-state index contributed by atoms with van der Waals surface area (Å²) in [6.07, 6.45) is 1.18. The summed E-state index contributed by atoms with van der Waals surface area (Å²) < 4.78 is 0. The lowest BCUT2D eigenvalue weighted by atomic mass is 9.90. The molecule has 0 bridgehead atoms. The minimum Gasteiger partial charge on any atom is -0.341 e. The van der Waals surface area contributed by atoms with E-state index in [0.29, 0.717) is 19.5 Å². The topological polar surface area (TPSA) is 40.6 Å². The Kier molecular flexibility index (Phi) is 5.23. The predicted octanol–water partition coefficient (Wildman–Crippen LogP) is 3.55. The molecule has 3 rings (SSSR count). The van der Waals surface area contributed by atoms with Gasteiger partial charge >= 0.3 is 0 Å². The number of thiophene rings is 1. The number of carbonyl (C=O) groups excluding carboxylic acids is 2. The van der Waals surface area contributed by atoms with Gasteiger partial charge in [0.1, 0.15) is 0 Å². The van der Waals surface area contributed by atoms with Crippen LogP contribution in [0.15, 0.2) is 35.7 Å². The van der Waals surface area contributed by atoms with Crippen LogP contribution in [0.5, 0.6) is 0 Å². The molecule has 132 valence electrons. The van der Waals surface area contributed by atoms with Gasteiger partial charge in [0.05, 0.1) is 19.0 Å². The molecule has 25 heavy (non-hydrogen) atoms. The van der Waals surface area contributed by atoms with Gasteiger partial charge in [-0.15, -0.1) is 11.3 Å². The largest absolute Gasteiger partial charge is 0.341 e. The van der Waals surface area contributed by atoms with Crippen molar-refractivity contribution in [3.8, 4) is 0 Å². The molecule has 0 radical (unpaired) electrons. The second-order valence-electron chi connectivity index (χ2n) is 6.66. The summed E-state index contributed by atoms with van der Waals surface area (Å²) in [4.78, 5) is 29.7. The van der Waals surface area contributed by atoms with Gasteiger partial charge < -0.3 is 9.80 Å². The molecular formula is C20H24N2O2S. The number of aryl methyl sites for hydroxylation is 1. The molecule has 0 saturated carbocycles. The monoisotopic (exact) mass is 356 g/mol. The van der Waals surface area contributed by atoms with Crippen molar-refractivity contribution in [2.45, 2.75) is 39.3 Å². The highest BCUT2D eigenvalue weighted by molar-refractivity contribution is 7.10. The lowest BCUT2D eigenvalue weighted by Gasteiger charge is -2.37. The highest BCUT2D eigenvalue weighted by atomic mass is 32.1. The third-order valence-electron chi connectivity index (χ3n) is 4.96. The second-order valence-corrected chi connectivity index (χ2v) is 7.66. The van der Waals surface area contributed by atoms with E-state index >= 15 is 0 Å². The zero-order chi connectivity index (χ0) is 18.0. The Balaban J connectivity index is 1.78. The predicted molar refractivity (Wildman–Crippen MR) is 100 cm³/mol. The summed E-state index contributed by atoms with van der Waals surface area (Å²) >= 11 is 1.68. The maximum absolute atomic E-state index is 12.8. The van der Waals surface area contributed by atoms with Crippen molar-refractivity contribution in [3.63, 3.8) is 0 Å². The van der Waals surface area contributed by atoms with E-state index in [-0.39, 0.29) is 17.9 Å². The van der Waals surface area contributed by atoms with E-state index in [2.05, 4.69) is 24.4 Å². The van der Waals surface area contributed by atoms with E-state index in [9.17, 15) is 9.59 Å². The van der Waals surface area contributed by atoms with Crippen LogP contribution in [0.4, 0.5) is 0 Å². The third-order valence-corrected chi connectivity index (χ3v) is 5.97. The van der Waals surface area contributed by atoms with Crippen molar-refractivity contribution in [3.05, 3.63) is 57.3 Å². The summed E-state index contributed by atoms with van der Waals surface area (Å²) in [6.45, 7) is 4.96. The number of nitrogens with zero attached hydrogens (tertiary/aromatic N) is 2. The first-order valence-electron chi connectivity index (χ1n) is 8.59. The molecule has 1 aliphatic heterocycles. The SMILES string of the molecule is CC(=O)N1CCc2ccccc2C1CC(=O)N(C)Cc1sccc1C. The van der Waals surface area contributed by atoms with E-state index in [1.54, 1.807) is 23.2 Å². The van der Waals surface area contributed by atoms with E-state index in [4.69, 9.17) is 0 Å². The van der Waals surface area contributed by atoms with Crippen molar-refractivity contribution in [2.24, 2.45) is 0 Å². The number of fused-ring (bicyclic) bond motifs is 1. The Morgan fingerprint density at radius 2 is 2.04 bits per heavy atom. The minimum absolute atomic E-state index is 0.0315. The number of amides is 2. The Bertz CT molecular complexity index is 784. The summed E-state index contributed by atoms with van der Waals surface area (Å²) in [5.41, 5.74) is 3.57. The number of carbonyl (C=O) groups is 2. The highest BCUT2D eigenvalue weighted by Gasteiger charge is 2.31. The molecule has 1 aromatic carbocycles. The minimum atomic E-state index is -0.165. The molecule has 1 aliphatic rings. The van der Waals surface area contributed by atoms with Gasteiger partial charge in [0.2, 0.25) is 11.8 Å². The first-order chi connectivity index (χ1) is 12.0. The average Bonchev–Trinajstić information content (AvgIpc) is 2.99. The molecule has 0 aliphatic carbocycles. The molecule has 0 spiro atoms. The molecule has 4 nitrogen and oxygen atoms in total. The summed E-state index contributed by atoms with van der Waals surface area (Å²) in [6, 6.07) is 10.1. The molecule has 0 N–H and O–H groups in total. The number of rotatable bonds is 4. The molecule has 2 heterocycles. The van der Waals surface area contributed by atoms with Crippen LogP contribution in [0.2, 0.25) is 0 Å². The average molecular weight is 356 g/mol. The first-order valence-corrected chi connectivity index (χ1v) is 9.47. The normalized spacial score (nSPS) is 16.4. The van der Waals surface area contributed by atoms with Gasteiger partial charge in [-0.3, -0.25) is 9.59 Å². The van der Waals surface area contributed by atoms with Crippen LogP contribution < -0.4 is 0 Å². The van der Waals surface area contributed by atoms with Crippen molar-refractivity contribution in [1.29, 1.82) is 0 Å². The van der Waals surface area contributed by atoms with Crippen LogP contribution in [0, 0.1) is 6.92 Å². The first kappa shape index (κ1) is 17.7. The fraction of sp³-hybridized carbons (Fsp3) is 0.400. The van der Waals surface area contributed by atoms with E-state index in [0.717, 1.165) is 12.0 Å². The van der Waals surface area contributed by atoms with Gasteiger partial charge in [-0.1, -0.05) is 24.3 Å². The van der Waals surface area contributed by atoms with Crippen molar-refractivity contribution >= 4 is 23.2 Å². The summed E-state index contributed by atoms with van der Waals surface area (Å²) in [5.74, 6) is 0.102. The van der Waals surface area contributed by atoms with Gasteiger partial charge in [0.25, 0.3) is 0 Å². The number of hydrogen-bond acceptors (Lipinski definition) is 3. The molecule has 0 fully saturated rings. The highest BCUT2D eigenvalue weighted by Crippen LogP contribution is 2.33. The molecule has 1 aromatic heterocycles. The molecule has 2 amide bonds. The van der Waals surface area contributed by atoms with Gasteiger partial charge in [-0.2, -0.15) is 0 Å². The van der Waals surface area contributed by atoms with Crippen LogP contribution in [0.3, 0.4) is 0 Å². The van der Waals surface area contributed by atoms with E-state index in [1.807, 2.05) is 30.1 Å². The van der Waals surface area contributed by atoms with Crippen LogP contribution in [-0.2, 0) is 22.6 Å². The Morgan fingerprint density at radius 3 is 2.72 bits per heavy atom.